The van der Waals surface area contributed by atoms with Crippen molar-refractivity contribution in [1.82, 2.24) is 10.3 Å². The maximum absolute atomic E-state index is 12.1. The number of rotatable bonds is 3. The van der Waals surface area contributed by atoms with Crippen LogP contribution in [0.5, 0.6) is 11.5 Å². The average molecular weight is 278 g/mol. The highest BCUT2D eigenvalue weighted by atomic mass is 32.1. The van der Waals surface area contributed by atoms with Gasteiger partial charge in [0.1, 0.15) is 5.01 Å². The first-order valence-corrected chi connectivity index (χ1v) is 6.53. The lowest BCUT2D eigenvalue weighted by atomic mass is 10.1. The third-order valence-corrected chi connectivity index (χ3v) is 3.75. The van der Waals surface area contributed by atoms with Gasteiger partial charge in [-0.05, 0) is 26.0 Å². The van der Waals surface area contributed by atoms with Gasteiger partial charge in [-0.2, -0.15) is 0 Å². The summed E-state index contributed by atoms with van der Waals surface area (Å²) in [6.45, 7) is 3.65. The predicted molar refractivity (Wildman–Crippen MR) is 72.4 cm³/mol. The number of hydrogen-bond donors (Lipinski definition) is 3. The minimum atomic E-state index is -0.650. The Labute approximate surface area is 114 Å². The van der Waals surface area contributed by atoms with Crippen molar-refractivity contribution in [2.75, 3.05) is 0 Å². The number of amides is 1. The maximum atomic E-state index is 12.1. The van der Waals surface area contributed by atoms with Gasteiger partial charge >= 0.3 is 0 Å². The maximum Gasteiger partial charge on any atom is 0.255 e. The first-order valence-electron chi connectivity index (χ1n) is 5.65. The molecule has 0 spiro atoms. The van der Waals surface area contributed by atoms with E-state index >= 15 is 0 Å². The largest absolute Gasteiger partial charge is 0.504 e. The summed E-state index contributed by atoms with van der Waals surface area (Å²) < 4.78 is 0. The lowest BCUT2D eigenvalue weighted by Gasteiger charge is -2.24. The molecular weight excluding hydrogens is 264 g/mol. The van der Waals surface area contributed by atoms with Gasteiger partial charge in [-0.25, -0.2) is 4.98 Å². The lowest BCUT2D eigenvalue weighted by molar-refractivity contribution is 0.0908. The van der Waals surface area contributed by atoms with Gasteiger partial charge in [0.15, 0.2) is 11.5 Å². The zero-order valence-electron chi connectivity index (χ0n) is 10.5. The number of nitrogens with zero attached hydrogens (tertiary/aromatic N) is 1. The highest BCUT2D eigenvalue weighted by Crippen LogP contribution is 2.29. The Hall–Kier alpha value is -2.08. The van der Waals surface area contributed by atoms with Crippen LogP contribution in [-0.4, -0.2) is 21.1 Å². The number of aromatic hydroxyl groups is 2. The molecule has 2 aromatic rings. The van der Waals surface area contributed by atoms with Crippen LogP contribution in [-0.2, 0) is 5.54 Å². The van der Waals surface area contributed by atoms with Gasteiger partial charge in [0.2, 0.25) is 0 Å². The Balaban J connectivity index is 2.24. The zero-order chi connectivity index (χ0) is 14.0. The van der Waals surface area contributed by atoms with Crippen molar-refractivity contribution in [3.63, 3.8) is 0 Å². The van der Waals surface area contributed by atoms with Crippen LogP contribution in [0.25, 0.3) is 0 Å². The van der Waals surface area contributed by atoms with Crippen LogP contribution in [0.2, 0.25) is 0 Å². The number of phenols is 2. The smallest absolute Gasteiger partial charge is 0.255 e. The van der Waals surface area contributed by atoms with Gasteiger partial charge < -0.3 is 15.5 Å². The summed E-state index contributed by atoms with van der Waals surface area (Å²) in [5, 5.41) is 24.4. The summed E-state index contributed by atoms with van der Waals surface area (Å²) in [7, 11) is 0. The van der Waals surface area contributed by atoms with E-state index in [0.29, 0.717) is 0 Å². The minimum Gasteiger partial charge on any atom is -0.504 e. The van der Waals surface area contributed by atoms with E-state index < -0.39 is 17.2 Å². The number of para-hydroxylation sites is 1. The van der Waals surface area contributed by atoms with Crippen LogP contribution in [0.4, 0.5) is 0 Å². The van der Waals surface area contributed by atoms with E-state index in [1.54, 1.807) is 6.20 Å². The molecule has 100 valence electrons. The molecule has 0 aliphatic rings. The molecule has 1 amide bonds. The first-order chi connectivity index (χ1) is 8.92. The van der Waals surface area contributed by atoms with Crippen molar-refractivity contribution in [2.45, 2.75) is 19.4 Å². The Kier molecular flexibility index (Phi) is 3.44. The second-order valence-electron chi connectivity index (χ2n) is 4.59. The number of benzene rings is 1. The lowest BCUT2D eigenvalue weighted by Crippen LogP contribution is -2.40. The van der Waals surface area contributed by atoms with Gasteiger partial charge in [-0.3, -0.25) is 4.79 Å². The molecule has 0 fully saturated rings. The zero-order valence-corrected chi connectivity index (χ0v) is 11.4. The fourth-order valence-corrected chi connectivity index (χ4v) is 2.37. The normalized spacial score (nSPS) is 11.3. The van der Waals surface area contributed by atoms with E-state index in [1.165, 1.54) is 29.5 Å². The molecule has 0 aliphatic carbocycles. The summed E-state index contributed by atoms with van der Waals surface area (Å²) in [6, 6.07) is 4.26. The van der Waals surface area contributed by atoms with E-state index in [2.05, 4.69) is 10.3 Å². The summed E-state index contributed by atoms with van der Waals surface area (Å²) in [6.07, 6.45) is 1.67. The third kappa shape index (κ3) is 2.68. The van der Waals surface area contributed by atoms with Gasteiger partial charge in [0, 0.05) is 11.6 Å². The Morgan fingerprint density at radius 3 is 2.74 bits per heavy atom. The molecule has 19 heavy (non-hydrogen) atoms. The van der Waals surface area contributed by atoms with Crippen molar-refractivity contribution in [3.05, 3.63) is 40.3 Å². The quantitative estimate of drug-likeness (QED) is 0.752. The van der Waals surface area contributed by atoms with E-state index in [1.807, 2.05) is 19.2 Å². The molecule has 0 radical (unpaired) electrons. The molecule has 0 atom stereocenters. The standard InChI is InChI=1S/C13H14N2O3S/c1-13(2,12-14-6-7-19-12)15-11(18)8-4-3-5-9(16)10(8)17/h3-7,16-17H,1-2H3,(H,15,18). The van der Waals surface area contributed by atoms with Crippen LogP contribution in [0.3, 0.4) is 0 Å². The van der Waals surface area contributed by atoms with Crippen molar-refractivity contribution in [1.29, 1.82) is 0 Å². The van der Waals surface area contributed by atoms with Crippen molar-refractivity contribution >= 4 is 17.2 Å². The molecular formula is C13H14N2O3S. The van der Waals surface area contributed by atoms with E-state index in [4.69, 9.17) is 0 Å². The number of carbonyl (C=O) groups is 1. The molecule has 1 heterocycles. The van der Waals surface area contributed by atoms with Crippen molar-refractivity contribution < 1.29 is 15.0 Å². The molecule has 1 aromatic carbocycles. The van der Waals surface area contributed by atoms with Crippen LogP contribution >= 0.6 is 11.3 Å². The minimum absolute atomic E-state index is 0.0321. The van der Waals surface area contributed by atoms with E-state index in [9.17, 15) is 15.0 Å². The Morgan fingerprint density at radius 1 is 1.37 bits per heavy atom. The molecule has 2 rings (SSSR count). The highest BCUT2D eigenvalue weighted by molar-refractivity contribution is 7.09. The molecule has 0 saturated heterocycles. The second kappa shape index (κ2) is 4.89. The van der Waals surface area contributed by atoms with Gasteiger partial charge in [0.05, 0.1) is 11.1 Å². The average Bonchev–Trinajstić information content (AvgIpc) is 2.86. The van der Waals surface area contributed by atoms with Gasteiger partial charge in [-0.1, -0.05) is 6.07 Å². The number of carbonyl (C=O) groups excluding carboxylic acids is 1. The van der Waals surface area contributed by atoms with Gasteiger partial charge in [0.25, 0.3) is 5.91 Å². The number of phenolic OH excluding ortho intramolecular Hbond substituents is 2. The molecule has 0 bridgehead atoms. The first kappa shape index (κ1) is 13.4. The van der Waals surface area contributed by atoms with E-state index in [-0.39, 0.29) is 11.3 Å². The topological polar surface area (TPSA) is 82.5 Å². The third-order valence-electron chi connectivity index (χ3n) is 2.65. The summed E-state index contributed by atoms with van der Waals surface area (Å²) in [5.74, 6) is -1.21. The van der Waals surface area contributed by atoms with Crippen molar-refractivity contribution in [3.8, 4) is 11.5 Å². The Morgan fingerprint density at radius 2 is 2.11 bits per heavy atom. The molecule has 5 nitrogen and oxygen atoms in total. The Bertz CT molecular complexity index is 594. The molecule has 0 aliphatic heterocycles. The molecule has 1 aromatic heterocycles. The fourth-order valence-electron chi connectivity index (χ4n) is 1.65. The monoisotopic (exact) mass is 278 g/mol. The summed E-state index contributed by atoms with van der Waals surface area (Å²) in [4.78, 5) is 16.3. The number of aromatic nitrogens is 1. The highest BCUT2D eigenvalue weighted by Gasteiger charge is 2.27. The SMILES string of the molecule is CC(C)(NC(=O)c1cccc(O)c1O)c1nccs1. The second-order valence-corrected chi connectivity index (χ2v) is 5.48. The van der Waals surface area contributed by atoms with Crippen LogP contribution in [0, 0.1) is 0 Å². The fraction of sp³-hybridized carbons (Fsp3) is 0.231. The van der Waals surface area contributed by atoms with Crippen LogP contribution < -0.4 is 5.32 Å². The van der Waals surface area contributed by atoms with E-state index in [0.717, 1.165) is 5.01 Å². The molecule has 0 saturated carbocycles. The molecule has 3 N–H and O–H groups in total. The molecule has 0 unspecified atom stereocenters. The van der Waals surface area contributed by atoms with Crippen molar-refractivity contribution in [2.24, 2.45) is 0 Å². The summed E-state index contributed by atoms with van der Waals surface area (Å²) >= 11 is 1.44. The number of thiazole rings is 1. The number of nitrogens with one attached hydrogen (secondary N) is 1. The number of hydrogen-bond acceptors (Lipinski definition) is 5. The molecule has 6 heteroatoms. The van der Waals surface area contributed by atoms with Gasteiger partial charge in [-0.15, -0.1) is 11.3 Å². The van der Waals surface area contributed by atoms with Crippen LogP contribution in [0.1, 0.15) is 29.2 Å². The predicted octanol–water partition coefficient (Wildman–Crippen LogP) is 2.22. The van der Waals surface area contributed by atoms with Crippen LogP contribution in [0.15, 0.2) is 29.8 Å². The summed E-state index contributed by atoms with van der Waals surface area (Å²) in [5.41, 5.74) is -0.618.